The first kappa shape index (κ1) is 16.0. The Labute approximate surface area is 136 Å². The summed E-state index contributed by atoms with van der Waals surface area (Å²) in [7, 11) is 0. The molecule has 2 aromatic carbocycles. The van der Waals surface area contributed by atoms with Gasteiger partial charge in [-0.1, -0.05) is 40.9 Å². The van der Waals surface area contributed by atoms with E-state index in [4.69, 9.17) is 23.2 Å². The summed E-state index contributed by atoms with van der Waals surface area (Å²) in [5, 5.41) is 8.08. The lowest BCUT2D eigenvalue weighted by molar-refractivity contribution is 1.07. The molecule has 0 fully saturated rings. The van der Waals surface area contributed by atoms with E-state index < -0.39 is 0 Å². The molecule has 0 aliphatic carbocycles. The molecule has 2 nitrogen and oxygen atoms in total. The average Bonchev–Trinajstić information content (AvgIpc) is 2.38. The molecule has 0 saturated carbocycles. The third-order valence-corrected chi connectivity index (χ3v) is 3.90. The van der Waals surface area contributed by atoms with E-state index in [0.717, 1.165) is 18.8 Å². The SMILES string of the molecule is Cc1cc(C)c(NCCNc2ccc(Cl)cc2Cl)c(C)c1. The second-order valence-corrected chi connectivity index (χ2v) is 6.10. The van der Waals surface area contributed by atoms with Gasteiger partial charge in [0, 0.05) is 23.8 Å². The molecule has 0 atom stereocenters. The first-order chi connectivity index (χ1) is 9.97. The molecule has 0 unspecified atom stereocenters. The second-order valence-electron chi connectivity index (χ2n) is 5.25. The number of hydrogen-bond donors (Lipinski definition) is 2. The lowest BCUT2D eigenvalue weighted by Gasteiger charge is -2.15. The summed E-state index contributed by atoms with van der Waals surface area (Å²) in [5.74, 6) is 0. The van der Waals surface area contributed by atoms with Gasteiger partial charge in [-0.3, -0.25) is 0 Å². The van der Waals surface area contributed by atoms with Crippen molar-refractivity contribution >= 4 is 34.6 Å². The van der Waals surface area contributed by atoms with Crippen LogP contribution in [-0.4, -0.2) is 13.1 Å². The molecule has 0 heterocycles. The quantitative estimate of drug-likeness (QED) is 0.716. The minimum absolute atomic E-state index is 0.644. The van der Waals surface area contributed by atoms with Gasteiger partial charge >= 0.3 is 0 Å². The molecule has 112 valence electrons. The van der Waals surface area contributed by atoms with E-state index in [1.807, 2.05) is 12.1 Å². The maximum atomic E-state index is 6.13. The molecule has 4 heteroatoms. The normalized spacial score (nSPS) is 10.5. The molecule has 0 bridgehead atoms. The Hall–Kier alpha value is -1.38. The van der Waals surface area contributed by atoms with Crippen LogP contribution in [0.5, 0.6) is 0 Å². The fraction of sp³-hybridized carbons (Fsp3) is 0.294. The Morgan fingerprint density at radius 2 is 1.48 bits per heavy atom. The highest BCUT2D eigenvalue weighted by atomic mass is 35.5. The van der Waals surface area contributed by atoms with Gasteiger partial charge in [0.15, 0.2) is 0 Å². The van der Waals surface area contributed by atoms with E-state index >= 15 is 0 Å². The van der Waals surface area contributed by atoms with Crippen LogP contribution in [-0.2, 0) is 0 Å². The van der Waals surface area contributed by atoms with Crippen LogP contribution in [0, 0.1) is 20.8 Å². The van der Waals surface area contributed by atoms with Crippen LogP contribution in [0.4, 0.5) is 11.4 Å². The number of hydrogen-bond acceptors (Lipinski definition) is 2. The monoisotopic (exact) mass is 322 g/mol. The average molecular weight is 323 g/mol. The van der Waals surface area contributed by atoms with Crippen LogP contribution in [0.2, 0.25) is 10.0 Å². The molecule has 0 amide bonds. The summed E-state index contributed by atoms with van der Waals surface area (Å²) in [6.07, 6.45) is 0. The van der Waals surface area contributed by atoms with Crippen molar-refractivity contribution in [3.8, 4) is 0 Å². The number of halogens is 2. The first-order valence-corrected chi connectivity index (χ1v) is 7.73. The maximum absolute atomic E-state index is 6.13. The van der Waals surface area contributed by atoms with E-state index in [9.17, 15) is 0 Å². The predicted octanol–water partition coefficient (Wildman–Crippen LogP) is 5.44. The van der Waals surface area contributed by atoms with Crippen molar-refractivity contribution in [1.29, 1.82) is 0 Å². The van der Waals surface area contributed by atoms with Crippen molar-refractivity contribution in [1.82, 2.24) is 0 Å². The molecular weight excluding hydrogens is 303 g/mol. The van der Waals surface area contributed by atoms with E-state index in [0.29, 0.717) is 10.0 Å². The highest BCUT2D eigenvalue weighted by molar-refractivity contribution is 6.36. The van der Waals surface area contributed by atoms with Crippen LogP contribution in [0.1, 0.15) is 16.7 Å². The van der Waals surface area contributed by atoms with Gasteiger partial charge in [-0.15, -0.1) is 0 Å². The minimum Gasteiger partial charge on any atom is -0.383 e. The number of aryl methyl sites for hydroxylation is 3. The maximum Gasteiger partial charge on any atom is 0.0652 e. The van der Waals surface area contributed by atoms with E-state index in [2.05, 4.69) is 43.5 Å². The van der Waals surface area contributed by atoms with Gasteiger partial charge < -0.3 is 10.6 Å². The van der Waals surface area contributed by atoms with Crippen LogP contribution < -0.4 is 10.6 Å². The van der Waals surface area contributed by atoms with Crippen molar-refractivity contribution in [3.05, 3.63) is 57.1 Å². The Kier molecular flexibility index (Phi) is 5.38. The Morgan fingerprint density at radius 1 is 0.857 bits per heavy atom. The molecule has 2 N–H and O–H groups in total. The second kappa shape index (κ2) is 7.06. The van der Waals surface area contributed by atoms with Crippen LogP contribution >= 0.6 is 23.2 Å². The highest BCUT2D eigenvalue weighted by Crippen LogP contribution is 2.25. The molecule has 2 aromatic rings. The summed E-state index contributed by atoms with van der Waals surface area (Å²) >= 11 is 12.0. The molecule has 21 heavy (non-hydrogen) atoms. The fourth-order valence-electron chi connectivity index (χ4n) is 2.48. The Balaban J connectivity index is 1.90. The van der Waals surface area contributed by atoms with Gasteiger partial charge in [-0.25, -0.2) is 0 Å². The topological polar surface area (TPSA) is 24.1 Å². The minimum atomic E-state index is 0.644. The highest BCUT2D eigenvalue weighted by Gasteiger charge is 2.03. The first-order valence-electron chi connectivity index (χ1n) is 6.98. The Morgan fingerprint density at radius 3 is 2.10 bits per heavy atom. The molecule has 0 aliphatic rings. The lowest BCUT2D eigenvalue weighted by atomic mass is 10.1. The molecule has 0 aromatic heterocycles. The largest absolute Gasteiger partial charge is 0.383 e. The predicted molar refractivity (Wildman–Crippen MR) is 94.1 cm³/mol. The molecular formula is C17H20Cl2N2. The van der Waals surface area contributed by atoms with Crippen molar-refractivity contribution < 1.29 is 0 Å². The standard InChI is InChI=1S/C17H20Cl2N2/c1-11-8-12(2)17(13(3)9-11)21-7-6-20-16-5-4-14(18)10-15(16)19/h4-5,8-10,20-21H,6-7H2,1-3H3. The summed E-state index contributed by atoms with van der Waals surface area (Å²) in [6, 6.07) is 9.86. The molecule has 0 spiro atoms. The van der Waals surface area contributed by atoms with Crippen molar-refractivity contribution in [2.24, 2.45) is 0 Å². The number of rotatable bonds is 5. The van der Waals surface area contributed by atoms with E-state index in [-0.39, 0.29) is 0 Å². The van der Waals surface area contributed by atoms with Crippen LogP contribution in [0.25, 0.3) is 0 Å². The smallest absolute Gasteiger partial charge is 0.0652 e. The summed E-state index contributed by atoms with van der Waals surface area (Å²) in [5.41, 5.74) is 5.96. The van der Waals surface area contributed by atoms with Gasteiger partial charge in [0.2, 0.25) is 0 Å². The van der Waals surface area contributed by atoms with E-state index in [1.165, 1.54) is 22.4 Å². The van der Waals surface area contributed by atoms with Crippen LogP contribution in [0.15, 0.2) is 30.3 Å². The third-order valence-electron chi connectivity index (χ3n) is 3.35. The number of anilines is 2. The summed E-state index contributed by atoms with van der Waals surface area (Å²) < 4.78 is 0. The zero-order chi connectivity index (χ0) is 15.4. The van der Waals surface area contributed by atoms with Gasteiger partial charge in [0.25, 0.3) is 0 Å². The zero-order valence-corrected chi connectivity index (χ0v) is 14.1. The van der Waals surface area contributed by atoms with Gasteiger partial charge in [0.1, 0.15) is 0 Å². The fourth-order valence-corrected chi connectivity index (χ4v) is 2.95. The molecule has 0 radical (unpaired) electrons. The van der Waals surface area contributed by atoms with Crippen LogP contribution in [0.3, 0.4) is 0 Å². The van der Waals surface area contributed by atoms with Crippen molar-refractivity contribution in [2.75, 3.05) is 23.7 Å². The lowest BCUT2D eigenvalue weighted by Crippen LogP contribution is -2.15. The van der Waals surface area contributed by atoms with E-state index in [1.54, 1.807) is 6.07 Å². The van der Waals surface area contributed by atoms with Crippen molar-refractivity contribution in [3.63, 3.8) is 0 Å². The summed E-state index contributed by atoms with van der Waals surface area (Å²) in [4.78, 5) is 0. The molecule has 2 rings (SSSR count). The molecule has 0 aliphatic heterocycles. The zero-order valence-electron chi connectivity index (χ0n) is 12.6. The van der Waals surface area contributed by atoms with Crippen molar-refractivity contribution in [2.45, 2.75) is 20.8 Å². The number of benzene rings is 2. The number of nitrogens with one attached hydrogen (secondary N) is 2. The Bertz CT molecular complexity index is 616. The van der Waals surface area contributed by atoms with Gasteiger partial charge in [-0.2, -0.15) is 0 Å². The third kappa shape index (κ3) is 4.29. The van der Waals surface area contributed by atoms with Gasteiger partial charge in [0.05, 0.1) is 10.7 Å². The summed E-state index contributed by atoms with van der Waals surface area (Å²) in [6.45, 7) is 7.99. The molecule has 0 saturated heterocycles. The van der Waals surface area contributed by atoms with Gasteiger partial charge in [-0.05, 0) is 50.1 Å².